The van der Waals surface area contributed by atoms with Crippen molar-refractivity contribution in [2.45, 2.75) is 0 Å². The first kappa shape index (κ1) is 29.1. The average Bonchev–Trinajstić information content (AvgIpc) is 3.97. The van der Waals surface area contributed by atoms with Crippen molar-refractivity contribution < 1.29 is 4.42 Å². The molecule has 254 valence electrons. The summed E-state index contributed by atoms with van der Waals surface area (Å²) in [6, 6.07) is 66.6. The highest BCUT2D eigenvalue weighted by Gasteiger charge is 2.25. The SMILES string of the molecule is c1ccc(-c2cccc(-n3c4cc5oc6ccccc6c5cc4c4ccc5c6ccccc6n(-c6ccc7c(c6)-c6cccc8cccc-7c68)c5c43)c2)cc1. The van der Waals surface area contributed by atoms with E-state index >= 15 is 0 Å². The molecule has 0 aliphatic heterocycles. The molecule has 0 fully saturated rings. The molecule has 0 radical (unpaired) electrons. The summed E-state index contributed by atoms with van der Waals surface area (Å²) in [6.45, 7) is 0. The van der Waals surface area contributed by atoms with Gasteiger partial charge < -0.3 is 13.6 Å². The van der Waals surface area contributed by atoms with Gasteiger partial charge in [0.25, 0.3) is 0 Å². The van der Waals surface area contributed by atoms with Gasteiger partial charge in [0, 0.05) is 49.8 Å². The van der Waals surface area contributed by atoms with Gasteiger partial charge in [-0.25, -0.2) is 0 Å². The Morgan fingerprint density at radius 3 is 1.85 bits per heavy atom. The number of hydrogen-bond acceptors (Lipinski definition) is 1. The van der Waals surface area contributed by atoms with Crippen LogP contribution >= 0.6 is 0 Å². The monoisotopic (exact) mass is 698 g/mol. The van der Waals surface area contributed by atoms with Gasteiger partial charge in [-0.3, -0.25) is 0 Å². The average molecular weight is 699 g/mol. The van der Waals surface area contributed by atoms with Crippen molar-refractivity contribution in [2.24, 2.45) is 0 Å². The van der Waals surface area contributed by atoms with Gasteiger partial charge in [0.05, 0.1) is 22.1 Å². The zero-order valence-electron chi connectivity index (χ0n) is 29.6. The highest BCUT2D eigenvalue weighted by molar-refractivity contribution is 6.26. The highest BCUT2D eigenvalue weighted by atomic mass is 16.3. The molecule has 3 aromatic heterocycles. The minimum absolute atomic E-state index is 0.890. The van der Waals surface area contributed by atoms with E-state index in [1.54, 1.807) is 0 Å². The number of para-hydroxylation sites is 2. The minimum atomic E-state index is 0.890. The Morgan fingerprint density at radius 2 is 1.00 bits per heavy atom. The zero-order chi connectivity index (χ0) is 35.8. The lowest BCUT2D eigenvalue weighted by Crippen LogP contribution is -1.99. The molecule has 0 saturated carbocycles. The predicted octanol–water partition coefficient (Wildman–Crippen LogP) is 14.2. The van der Waals surface area contributed by atoms with Gasteiger partial charge in [-0.1, -0.05) is 133 Å². The largest absolute Gasteiger partial charge is 0.456 e. The van der Waals surface area contributed by atoms with Crippen LogP contribution in [0.4, 0.5) is 0 Å². The van der Waals surface area contributed by atoms with E-state index in [0.29, 0.717) is 0 Å². The van der Waals surface area contributed by atoms with E-state index in [0.717, 1.165) is 38.8 Å². The smallest absolute Gasteiger partial charge is 0.137 e. The fourth-order valence-corrected chi connectivity index (χ4v) is 9.68. The molecule has 12 aromatic rings. The summed E-state index contributed by atoms with van der Waals surface area (Å²) in [6.07, 6.45) is 0. The molecule has 13 rings (SSSR count). The van der Waals surface area contributed by atoms with Crippen LogP contribution in [0.25, 0.3) is 121 Å². The van der Waals surface area contributed by atoms with E-state index in [4.69, 9.17) is 4.42 Å². The molecular formula is C52H30N2O. The Morgan fingerprint density at radius 1 is 0.327 bits per heavy atom. The second kappa shape index (κ2) is 10.6. The number of fused-ring (bicyclic) bond motifs is 13. The van der Waals surface area contributed by atoms with Crippen molar-refractivity contribution in [3.8, 4) is 44.8 Å². The van der Waals surface area contributed by atoms with E-state index in [1.807, 2.05) is 6.07 Å². The van der Waals surface area contributed by atoms with E-state index in [-0.39, 0.29) is 0 Å². The van der Waals surface area contributed by atoms with Crippen molar-refractivity contribution in [1.29, 1.82) is 0 Å². The number of aromatic nitrogens is 2. The molecule has 3 nitrogen and oxygen atoms in total. The summed E-state index contributed by atoms with van der Waals surface area (Å²) in [4.78, 5) is 0. The van der Waals surface area contributed by atoms with Crippen LogP contribution < -0.4 is 0 Å². The fourth-order valence-electron chi connectivity index (χ4n) is 9.68. The summed E-state index contributed by atoms with van der Waals surface area (Å²) < 4.78 is 11.5. The molecule has 3 heteroatoms. The molecule has 0 saturated heterocycles. The lowest BCUT2D eigenvalue weighted by atomic mass is 10.0. The van der Waals surface area contributed by atoms with Crippen molar-refractivity contribution in [3.05, 3.63) is 182 Å². The van der Waals surface area contributed by atoms with Crippen LogP contribution in [-0.2, 0) is 0 Å². The summed E-state index contributed by atoms with van der Waals surface area (Å²) in [5.41, 5.74) is 16.3. The van der Waals surface area contributed by atoms with Gasteiger partial charge in [0.2, 0.25) is 0 Å². The number of rotatable bonds is 3. The summed E-state index contributed by atoms with van der Waals surface area (Å²) in [5, 5.41) is 9.77. The second-order valence-corrected chi connectivity index (χ2v) is 14.9. The van der Waals surface area contributed by atoms with E-state index in [1.165, 1.54) is 82.2 Å². The molecular weight excluding hydrogens is 669 g/mol. The van der Waals surface area contributed by atoms with Gasteiger partial charge >= 0.3 is 0 Å². The molecule has 0 bridgehead atoms. The Kier molecular flexibility index (Phi) is 5.63. The highest BCUT2D eigenvalue weighted by Crippen LogP contribution is 2.49. The van der Waals surface area contributed by atoms with Gasteiger partial charge in [-0.05, 0) is 86.6 Å². The van der Waals surface area contributed by atoms with E-state index in [2.05, 4.69) is 185 Å². The van der Waals surface area contributed by atoms with Gasteiger partial charge in [-0.15, -0.1) is 0 Å². The van der Waals surface area contributed by atoms with E-state index < -0.39 is 0 Å². The standard InChI is InChI=1S/C52H30N2O/c1-2-11-31(12-3-1)33-15-8-16-34(27-33)54-47-30-49-45(38-18-5-7-22-48(38)55-49)29-44(47)42-26-25-41-37-17-4-6-21-46(37)53(51(41)52(42)54)35-23-24-36-39-19-9-13-32-14-10-20-40(50(32)39)43(36)28-35/h1-30H. The topological polar surface area (TPSA) is 23.0 Å². The molecule has 9 aromatic carbocycles. The molecule has 0 N–H and O–H groups in total. The maximum Gasteiger partial charge on any atom is 0.137 e. The third-order valence-electron chi connectivity index (χ3n) is 12.0. The zero-order valence-corrected chi connectivity index (χ0v) is 29.6. The van der Waals surface area contributed by atoms with Crippen molar-refractivity contribution in [3.63, 3.8) is 0 Å². The third kappa shape index (κ3) is 3.89. The molecule has 1 aliphatic rings. The van der Waals surface area contributed by atoms with Gasteiger partial charge in [-0.2, -0.15) is 0 Å². The Hall–Kier alpha value is -7.36. The molecule has 0 unspecified atom stereocenters. The quantitative estimate of drug-likeness (QED) is 0.180. The Balaban J connectivity index is 1.19. The lowest BCUT2D eigenvalue weighted by molar-refractivity contribution is 0.669. The maximum atomic E-state index is 6.54. The normalized spacial score (nSPS) is 12.4. The molecule has 55 heavy (non-hydrogen) atoms. The molecule has 3 heterocycles. The van der Waals surface area contributed by atoms with Crippen LogP contribution in [0.2, 0.25) is 0 Å². The molecule has 1 aliphatic carbocycles. The molecule has 0 spiro atoms. The van der Waals surface area contributed by atoms with Crippen LogP contribution in [0, 0.1) is 0 Å². The first-order chi connectivity index (χ1) is 27.3. The van der Waals surface area contributed by atoms with Crippen LogP contribution in [0.1, 0.15) is 0 Å². The predicted molar refractivity (Wildman–Crippen MR) is 230 cm³/mol. The van der Waals surface area contributed by atoms with Crippen LogP contribution in [0.5, 0.6) is 0 Å². The van der Waals surface area contributed by atoms with Gasteiger partial charge in [0.15, 0.2) is 0 Å². The molecule has 0 atom stereocenters. The van der Waals surface area contributed by atoms with Crippen molar-refractivity contribution in [2.75, 3.05) is 0 Å². The third-order valence-corrected chi connectivity index (χ3v) is 12.0. The van der Waals surface area contributed by atoms with Crippen molar-refractivity contribution in [1.82, 2.24) is 9.13 Å². The first-order valence-corrected chi connectivity index (χ1v) is 18.9. The number of nitrogens with zero attached hydrogens (tertiary/aromatic N) is 2. The Labute approximate surface area is 315 Å². The lowest BCUT2D eigenvalue weighted by Gasteiger charge is -2.14. The number of hydrogen-bond donors (Lipinski definition) is 0. The molecule has 0 amide bonds. The number of benzene rings is 9. The number of furan rings is 1. The first-order valence-electron chi connectivity index (χ1n) is 18.9. The van der Waals surface area contributed by atoms with Crippen molar-refractivity contribution >= 4 is 76.3 Å². The van der Waals surface area contributed by atoms with Gasteiger partial charge in [0.1, 0.15) is 11.2 Å². The summed E-state index contributed by atoms with van der Waals surface area (Å²) >= 11 is 0. The van der Waals surface area contributed by atoms with E-state index in [9.17, 15) is 0 Å². The maximum absolute atomic E-state index is 6.54. The fraction of sp³-hybridized carbons (Fsp3) is 0. The Bertz CT molecular complexity index is 3590. The van der Waals surface area contributed by atoms with Crippen LogP contribution in [0.3, 0.4) is 0 Å². The van der Waals surface area contributed by atoms with Crippen LogP contribution in [0.15, 0.2) is 186 Å². The summed E-state index contributed by atoms with van der Waals surface area (Å²) in [7, 11) is 0. The second-order valence-electron chi connectivity index (χ2n) is 14.9. The summed E-state index contributed by atoms with van der Waals surface area (Å²) in [5.74, 6) is 0. The minimum Gasteiger partial charge on any atom is -0.456 e. The van der Waals surface area contributed by atoms with Crippen LogP contribution in [-0.4, -0.2) is 9.13 Å².